The highest BCUT2D eigenvalue weighted by Crippen LogP contribution is 2.32. The van der Waals surface area contributed by atoms with Crippen molar-refractivity contribution in [2.45, 2.75) is 25.8 Å². The second kappa shape index (κ2) is 7.94. The van der Waals surface area contributed by atoms with Gasteiger partial charge in [0, 0.05) is 19.1 Å². The number of nitrogens with zero attached hydrogens (tertiary/aromatic N) is 1. The molecule has 2 rings (SSSR count). The number of carbonyl (C=O) groups excluding carboxylic acids is 1. The highest BCUT2D eigenvalue weighted by atomic mass is 35.5. The fraction of sp³-hybridized carbons (Fsp3) is 0.500. The van der Waals surface area contributed by atoms with Crippen LogP contribution in [0.5, 0.6) is 0 Å². The van der Waals surface area contributed by atoms with Gasteiger partial charge in [0.1, 0.15) is 0 Å². The average molecular weight is 375 g/mol. The van der Waals surface area contributed by atoms with Crippen molar-refractivity contribution >= 4 is 41.0 Å². The van der Waals surface area contributed by atoms with E-state index in [0.717, 1.165) is 12.8 Å². The number of hydrogen-bond acceptors (Lipinski definition) is 4. The second-order valence-corrected chi connectivity index (χ2v) is 6.66. The molecule has 2 N–H and O–H groups in total. The van der Waals surface area contributed by atoms with Gasteiger partial charge in [-0.3, -0.25) is 0 Å². The van der Waals surface area contributed by atoms with Crippen molar-refractivity contribution in [1.29, 1.82) is 0 Å². The van der Waals surface area contributed by atoms with Crippen LogP contribution in [0.3, 0.4) is 0 Å². The van der Waals surface area contributed by atoms with Crippen molar-refractivity contribution in [3.05, 3.63) is 27.7 Å². The van der Waals surface area contributed by atoms with Gasteiger partial charge in [0.2, 0.25) is 0 Å². The van der Waals surface area contributed by atoms with Crippen LogP contribution in [-0.2, 0) is 4.74 Å². The first kappa shape index (κ1) is 18.7. The molecular formula is C16H20Cl2N2O4. The molecule has 6 nitrogen and oxygen atoms in total. The average Bonchev–Trinajstić information content (AvgIpc) is 2.56. The largest absolute Gasteiger partial charge is 0.465 e. The highest BCUT2D eigenvalue weighted by Gasteiger charge is 2.26. The Balaban J connectivity index is 2.08. The molecule has 1 heterocycles. The van der Waals surface area contributed by atoms with Gasteiger partial charge in [-0.25, -0.2) is 9.59 Å². The quantitative estimate of drug-likeness (QED) is 0.779. The summed E-state index contributed by atoms with van der Waals surface area (Å²) in [5.41, 5.74) is 0.855. The number of rotatable bonds is 4. The minimum absolute atomic E-state index is 0.0742. The van der Waals surface area contributed by atoms with Gasteiger partial charge in [-0.05, 0) is 37.8 Å². The molecule has 1 unspecified atom stereocenters. The number of carboxylic acid groups (broad SMARTS) is 1. The van der Waals surface area contributed by atoms with Gasteiger partial charge in [-0.2, -0.15) is 0 Å². The maximum absolute atomic E-state index is 11.7. The standard InChI is InChI=1S/C16H20Cl2N2O4/c1-9(10-3-5-20(6-4-10)16(22)23)19-14-7-11(15(21)24-2)12(17)8-13(14)18/h7-10,19H,3-6H2,1-2H3,(H,22,23). The first-order valence-corrected chi connectivity index (χ1v) is 8.40. The molecule has 1 fully saturated rings. The van der Waals surface area contributed by atoms with Gasteiger partial charge in [-0.1, -0.05) is 23.2 Å². The molecule has 0 spiro atoms. The molecule has 0 aliphatic carbocycles. The number of methoxy groups -OCH3 is 1. The predicted molar refractivity (Wildman–Crippen MR) is 93.2 cm³/mol. The third-order valence-electron chi connectivity index (χ3n) is 4.36. The second-order valence-electron chi connectivity index (χ2n) is 5.84. The van der Waals surface area contributed by atoms with Crippen molar-refractivity contribution in [3.8, 4) is 0 Å². The summed E-state index contributed by atoms with van der Waals surface area (Å²) in [6, 6.07) is 3.17. The first-order valence-electron chi connectivity index (χ1n) is 7.65. The molecule has 0 saturated carbocycles. The molecule has 1 saturated heterocycles. The molecule has 24 heavy (non-hydrogen) atoms. The summed E-state index contributed by atoms with van der Waals surface area (Å²) < 4.78 is 4.71. The lowest BCUT2D eigenvalue weighted by Gasteiger charge is -2.34. The molecule has 0 aromatic heterocycles. The van der Waals surface area contributed by atoms with Crippen LogP contribution >= 0.6 is 23.2 Å². The number of hydrogen-bond donors (Lipinski definition) is 2. The van der Waals surface area contributed by atoms with Crippen molar-refractivity contribution in [3.63, 3.8) is 0 Å². The fourth-order valence-corrected chi connectivity index (χ4v) is 3.39. The summed E-state index contributed by atoms with van der Waals surface area (Å²) in [6.07, 6.45) is 0.669. The van der Waals surface area contributed by atoms with Crippen LogP contribution in [0.15, 0.2) is 12.1 Å². The Kier molecular flexibility index (Phi) is 6.18. The Morgan fingerprint density at radius 1 is 1.29 bits per heavy atom. The van der Waals surface area contributed by atoms with Gasteiger partial charge in [-0.15, -0.1) is 0 Å². The zero-order chi connectivity index (χ0) is 17.9. The van der Waals surface area contributed by atoms with Gasteiger partial charge in [0.25, 0.3) is 0 Å². The van der Waals surface area contributed by atoms with Crippen LogP contribution in [0.4, 0.5) is 10.5 Å². The molecule has 1 aliphatic rings. The van der Waals surface area contributed by atoms with Crippen LogP contribution in [-0.4, -0.2) is 48.3 Å². The minimum Gasteiger partial charge on any atom is -0.465 e. The Bertz CT molecular complexity index is 631. The zero-order valence-electron chi connectivity index (χ0n) is 13.5. The fourth-order valence-electron chi connectivity index (χ4n) is 2.88. The molecule has 0 bridgehead atoms. The third-order valence-corrected chi connectivity index (χ3v) is 4.99. The maximum Gasteiger partial charge on any atom is 0.407 e. The molecule has 1 amide bonds. The van der Waals surface area contributed by atoms with E-state index < -0.39 is 12.1 Å². The molecule has 1 aliphatic heterocycles. The van der Waals surface area contributed by atoms with Crippen LogP contribution in [0.1, 0.15) is 30.1 Å². The number of nitrogens with one attached hydrogen (secondary N) is 1. The molecule has 8 heteroatoms. The van der Waals surface area contributed by atoms with Crippen LogP contribution in [0, 0.1) is 5.92 Å². The van der Waals surface area contributed by atoms with Crippen LogP contribution in [0.2, 0.25) is 10.0 Å². The summed E-state index contributed by atoms with van der Waals surface area (Å²) in [7, 11) is 1.29. The normalized spacial score (nSPS) is 16.6. The maximum atomic E-state index is 11.7. The van der Waals surface area contributed by atoms with Crippen LogP contribution < -0.4 is 5.32 Å². The van der Waals surface area contributed by atoms with Crippen molar-refractivity contribution < 1.29 is 19.4 Å². The number of likely N-dealkylation sites (tertiary alicyclic amines) is 1. The Hall–Kier alpha value is -1.66. The van der Waals surface area contributed by atoms with Gasteiger partial charge >= 0.3 is 12.1 Å². The van der Waals surface area contributed by atoms with E-state index in [-0.39, 0.29) is 16.6 Å². The Morgan fingerprint density at radius 3 is 2.46 bits per heavy atom. The number of esters is 1. The number of amides is 1. The SMILES string of the molecule is COC(=O)c1cc(NC(C)C2CCN(C(=O)O)CC2)c(Cl)cc1Cl. The smallest absolute Gasteiger partial charge is 0.407 e. The number of piperidine rings is 1. The zero-order valence-corrected chi connectivity index (χ0v) is 15.0. The van der Waals surface area contributed by atoms with E-state index in [1.54, 1.807) is 6.07 Å². The summed E-state index contributed by atoms with van der Waals surface area (Å²) in [6.45, 7) is 3.06. The van der Waals surface area contributed by atoms with Crippen molar-refractivity contribution in [2.24, 2.45) is 5.92 Å². The lowest BCUT2D eigenvalue weighted by atomic mass is 9.90. The molecular weight excluding hydrogens is 355 g/mol. The summed E-state index contributed by atoms with van der Waals surface area (Å²) in [4.78, 5) is 24.1. The van der Waals surface area contributed by atoms with Crippen LogP contribution in [0.25, 0.3) is 0 Å². The molecule has 1 aromatic carbocycles. The molecule has 132 valence electrons. The van der Waals surface area contributed by atoms with Gasteiger partial charge in [0.05, 0.1) is 28.4 Å². The van der Waals surface area contributed by atoms with E-state index in [0.29, 0.717) is 29.7 Å². The van der Waals surface area contributed by atoms with E-state index in [1.807, 2.05) is 6.92 Å². The summed E-state index contributed by atoms with van der Waals surface area (Å²) >= 11 is 12.2. The monoisotopic (exact) mass is 374 g/mol. The number of halogens is 2. The number of ether oxygens (including phenoxy) is 1. The Labute approximate surface area is 150 Å². The Morgan fingerprint density at radius 2 is 1.92 bits per heavy atom. The summed E-state index contributed by atoms with van der Waals surface area (Å²) in [5, 5.41) is 13.0. The minimum atomic E-state index is -0.877. The topological polar surface area (TPSA) is 78.9 Å². The number of benzene rings is 1. The van der Waals surface area contributed by atoms with E-state index >= 15 is 0 Å². The van der Waals surface area contributed by atoms with E-state index in [2.05, 4.69) is 5.32 Å². The summed E-state index contributed by atoms with van der Waals surface area (Å²) in [5.74, 6) is -0.212. The molecule has 1 atom stereocenters. The van der Waals surface area contributed by atoms with Crippen molar-refractivity contribution in [2.75, 3.05) is 25.5 Å². The highest BCUT2D eigenvalue weighted by molar-refractivity contribution is 6.38. The number of anilines is 1. The first-order chi connectivity index (χ1) is 11.3. The van der Waals surface area contributed by atoms with E-state index in [9.17, 15) is 9.59 Å². The predicted octanol–water partition coefficient (Wildman–Crippen LogP) is 3.97. The lowest BCUT2D eigenvalue weighted by Crippen LogP contribution is -2.41. The van der Waals surface area contributed by atoms with E-state index in [4.69, 9.17) is 33.0 Å². The molecule has 1 aromatic rings. The van der Waals surface area contributed by atoms with Crippen molar-refractivity contribution in [1.82, 2.24) is 4.90 Å². The third kappa shape index (κ3) is 4.24. The number of carbonyl (C=O) groups is 2. The van der Waals surface area contributed by atoms with Gasteiger partial charge < -0.3 is 20.1 Å². The molecule has 0 radical (unpaired) electrons. The van der Waals surface area contributed by atoms with Gasteiger partial charge in [0.15, 0.2) is 0 Å². The van der Waals surface area contributed by atoms with E-state index in [1.165, 1.54) is 18.1 Å². The lowest BCUT2D eigenvalue weighted by molar-refractivity contribution is 0.0601.